The molecule has 0 radical (unpaired) electrons. The van der Waals surface area contributed by atoms with Gasteiger partial charge in [0, 0.05) is 120 Å². The number of morpholine rings is 1. The second kappa shape index (κ2) is 35.7. The molecule has 1 fully saturated rings. The molecule has 0 aliphatic carbocycles. The van der Waals surface area contributed by atoms with Crippen LogP contribution in [0.25, 0.3) is 44.3 Å². The average Bonchev–Trinajstić information content (AvgIpc) is 0.762. The first-order valence-electron chi connectivity index (χ1n) is 31.1. The van der Waals surface area contributed by atoms with Crippen LogP contribution in [0.4, 0.5) is 102 Å². The number of carbonyl (C=O) groups excluding carboxylic acids is 2. The van der Waals surface area contributed by atoms with Crippen molar-refractivity contribution < 1.29 is 109 Å². The number of carboxylic acid groups (broad SMARTS) is 1. The maximum Gasteiger partial charge on any atom is 0.421 e. The number of carboxylic acids is 1. The Morgan fingerprint density at radius 1 is 0.617 bits per heavy atom. The molecule has 9 aromatic rings. The highest BCUT2D eigenvalue weighted by atomic mass is 35.5. The van der Waals surface area contributed by atoms with E-state index in [4.69, 9.17) is 46.6 Å². The van der Waals surface area contributed by atoms with Gasteiger partial charge >= 0.3 is 42.8 Å². The third-order valence-corrected chi connectivity index (χ3v) is 16.4. The van der Waals surface area contributed by atoms with Crippen LogP contribution in [0.5, 0.6) is 0 Å². The number of nitrogens with one attached hydrogen (secondary N) is 1. The third kappa shape index (κ3) is 21.1. The molecule has 107 heavy (non-hydrogen) atoms. The quantitative estimate of drug-likeness (QED) is 0.0524. The number of amides is 1. The molecule has 39 heteroatoms. The van der Waals surface area contributed by atoms with Gasteiger partial charge in [0.1, 0.15) is 67.9 Å². The number of pyridine rings is 6. The molecule has 3 aromatic carbocycles. The van der Waals surface area contributed by atoms with Crippen LogP contribution in [-0.2, 0) is 56.6 Å². The minimum atomic E-state index is -4.81. The number of rotatable bonds is 14. The van der Waals surface area contributed by atoms with Gasteiger partial charge in [-0.3, -0.25) is 33.9 Å². The second-order valence-electron chi connectivity index (χ2n) is 23.1. The molecule has 3 atom stereocenters. The van der Waals surface area contributed by atoms with E-state index in [-0.39, 0.29) is 69.9 Å². The minimum absolute atomic E-state index is 0.00775. The molecule has 576 valence electrons. The number of carbonyl (C=O) groups is 3. The summed E-state index contributed by atoms with van der Waals surface area (Å²) in [4.78, 5) is 64.9. The Kier molecular flexibility index (Phi) is 28.2. The molecule has 7 heterocycles. The van der Waals surface area contributed by atoms with Gasteiger partial charge in [0.05, 0.1) is 73.4 Å². The highest BCUT2D eigenvalue weighted by Gasteiger charge is 2.47. The average molecular weight is 1590 g/mol. The van der Waals surface area contributed by atoms with Gasteiger partial charge in [0.15, 0.2) is 0 Å². The summed E-state index contributed by atoms with van der Waals surface area (Å²) in [5.74, 6) is -6.75. The van der Waals surface area contributed by atoms with Crippen LogP contribution < -0.4 is 30.7 Å². The van der Waals surface area contributed by atoms with Crippen LogP contribution >= 0.6 is 34.8 Å². The number of methoxy groups -OCH3 is 1. The molecule has 1 aliphatic heterocycles. The van der Waals surface area contributed by atoms with Crippen LogP contribution in [-0.4, -0.2) is 153 Å². The van der Waals surface area contributed by atoms with Gasteiger partial charge in [0.2, 0.25) is 0 Å². The number of ether oxygens (including phenoxy) is 2. The lowest BCUT2D eigenvalue weighted by molar-refractivity contribution is -0.167. The maximum absolute atomic E-state index is 15.1. The Bertz CT molecular complexity index is 4610. The number of fused-ring (bicyclic) bond motifs is 2. The van der Waals surface area contributed by atoms with Crippen molar-refractivity contribution in [2.45, 2.75) is 61.8 Å². The number of hydrogen-bond donors (Lipinski definition) is 3. The Balaban J connectivity index is 0.000000259. The largest absolute Gasteiger partial charge is 0.480 e. The van der Waals surface area contributed by atoms with Gasteiger partial charge in [-0.15, -0.1) is 0 Å². The van der Waals surface area contributed by atoms with Crippen LogP contribution in [0.2, 0.25) is 15.3 Å². The number of hydrogen-bond acceptors (Lipinski definition) is 16. The van der Waals surface area contributed by atoms with E-state index in [2.05, 4.69) is 34.6 Å². The van der Waals surface area contributed by atoms with Gasteiger partial charge < -0.3 is 45.2 Å². The van der Waals surface area contributed by atoms with E-state index in [1.54, 1.807) is 32.3 Å². The van der Waals surface area contributed by atoms with Crippen LogP contribution in [0.1, 0.15) is 45.1 Å². The van der Waals surface area contributed by atoms with E-state index in [1.165, 1.54) is 130 Å². The summed E-state index contributed by atoms with van der Waals surface area (Å²) in [6.45, 7) is -1.26. The number of aliphatic carboxylic acids is 1. The van der Waals surface area contributed by atoms with Crippen molar-refractivity contribution in [1.82, 2.24) is 35.2 Å². The second-order valence-corrected chi connectivity index (χ2v) is 24.2. The van der Waals surface area contributed by atoms with E-state index >= 15 is 8.78 Å². The van der Waals surface area contributed by atoms with Gasteiger partial charge in [-0.05, 0) is 66.1 Å². The summed E-state index contributed by atoms with van der Waals surface area (Å²) in [7, 11) is 9.24. The normalized spacial score (nSPS) is 13.9. The zero-order chi connectivity index (χ0) is 80.9. The molecule has 4 N–H and O–H groups in total. The van der Waals surface area contributed by atoms with E-state index < -0.39 is 153 Å². The number of anilines is 4. The highest BCUT2D eigenvalue weighted by molar-refractivity contribution is 6.35. The van der Waals surface area contributed by atoms with Gasteiger partial charge in [-0.2, -0.15) is 65.9 Å². The first-order chi connectivity index (χ1) is 50.3. The summed E-state index contributed by atoms with van der Waals surface area (Å²) < 4.78 is 255. The predicted molar refractivity (Wildman–Crippen MR) is 364 cm³/mol. The Hall–Kier alpha value is -9.78. The van der Waals surface area contributed by atoms with Crippen molar-refractivity contribution in [1.29, 1.82) is 0 Å². The molecule has 1 saturated heterocycles. The van der Waals surface area contributed by atoms with E-state index in [0.29, 0.717) is 33.5 Å². The van der Waals surface area contributed by atoms with Crippen LogP contribution in [0.3, 0.4) is 0 Å². The summed E-state index contributed by atoms with van der Waals surface area (Å²) in [6, 6.07) is 13.2. The molecule has 0 spiro atoms. The fourth-order valence-electron chi connectivity index (χ4n) is 10.8. The lowest BCUT2D eigenvalue weighted by Gasteiger charge is -2.38. The standard InChI is InChI=1S/C32H27F8N5O4.C21H21F3N4O2.C8H8ClF3N2.C6H2Cl2F3N.CH3F/c1-44(2)23-7-9-42-28(26(23)32(38,39)40)19-6-5-16(18-4-3-8-41-27(18)19)12-22(30(47)48)43-29(46)25-20(33)13-17(14-21(25)34)45-10-11-49-15-24(45)31(35,36)37;1-28(2)16-8-10-27-19(17(16)21(22,23)24)14-7-6-12(11-15(25)20(29)30-3)13-5-4-9-26-18(13)14;1-14(2)5-3-4-13-7(9)6(5)8(10,11)12;7-3-1-2-12-5(8)4(3)6(9,10)11;1-2/h3-9,13-14,22,24H,10-12,15H2,1-2H3,(H,43,46)(H,47,48);4-10,15H,11,25H2,1-3H3;3-4H,1-2H3;1-2H;1H3/t22-,24+;15-;;;/m00.../s1/i;;;;1D. The SMILES string of the molecule is CN(C)c1ccnc(-c2ccc(C[C@H](NC(=O)c3c(F)cc(N4CCOC[C@@H]4C(F)(F)F)cc3F)C(=O)O)c3cccnc23)c1C(F)(F)F.CN(C)c1ccnc(Cl)c1C(F)(F)F.COC(=O)[C@@H](N)Cc1ccc(-c2nccc(N(C)C)c2C(F)(F)F)c2ncccc12.FC(F)(F)c1c(Cl)ccnc1Cl.[2H]CF. The van der Waals surface area contributed by atoms with Crippen molar-refractivity contribution in [3.8, 4) is 22.5 Å². The number of nitrogens with zero attached hydrogens (tertiary/aromatic N) is 10. The van der Waals surface area contributed by atoms with Gasteiger partial charge in [-0.25, -0.2) is 23.5 Å². The first-order valence-corrected chi connectivity index (χ1v) is 31.5. The maximum atomic E-state index is 15.1. The van der Waals surface area contributed by atoms with Crippen LogP contribution in [0.15, 0.2) is 122 Å². The summed E-state index contributed by atoms with van der Waals surface area (Å²) in [6.07, 6.45) is -15.9. The van der Waals surface area contributed by atoms with Crippen molar-refractivity contribution in [3.05, 3.63) is 188 Å². The third-order valence-electron chi connectivity index (χ3n) is 15.5. The number of halogens is 21. The molecular formula is C68H61Cl3F18N12O6. The summed E-state index contributed by atoms with van der Waals surface area (Å²) in [5, 5.41) is 11.2. The molecule has 1 aliphatic rings. The van der Waals surface area contributed by atoms with E-state index in [1.807, 2.05) is 5.32 Å². The molecule has 6 aromatic heterocycles. The monoisotopic (exact) mass is 1590 g/mol. The Morgan fingerprint density at radius 3 is 1.41 bits per heavy atom. The molecule has 1 amide bonds. The lowest BCUT2D eigenvalue weighted by atomic mass is 9.94. The smallest absolute Gasteiger partial charge is 0.421 e. The van der Waals surface area contributed by atoms with Crippen molar-refractivity contribution in [2.75, 3.05) is 95.9 Å². The van der Waals surface area contributed by atoms with Crippen molar-refractivity contribution >= 4 is 97.2 Å². The Morgan fingerprint density at radius 2 is 1.03 bits per heavy atom. The Labute approximate surface area is 613 Å². The number of aromatic nitrogens is 6. The molecule has 0 bridgehead atoms. The topological polar surface area (TPSA) is 218 Å². The highest BCUT2D eigenvalue weighted by Crippen LogP contribution is 2.46. The zero-order valence-corrected chi connectivity index (χ0v) is 58.8. The lowest BCUT2D eigenvalue weighted by Crippen LogP contribution is -2.53. The molecule has 0 saturated carbocycles. The number of esters is 1. The first kappa shape index (κ1) is 84.5. The van der Waals surface area contributed by atoms with Gasteiger partial charge in [0.25, 0.3) is 5.91 Å². The molecule has 0 unspecified atom stereocenters. The number of benzene rings is 3. The van der Waals surface area contributed by atoms with Crippen molar-refractivity contribution in [3.63, 3.8) is 0 Å². The zero-order valence-electron chi connectivity index (χ0n) is 57.5. The van der Waals surface area contributed by atoms with Gasteiger partial charge in [-0.1, -0.05) is 71.2 Å². The fraction of sp³-hybridized carbons (Fsp3) is 0.309. The number of nitrogens with two attached hydrogens (primary N) is 1. The summed E-state index contributed by atoms with van der Waals surface area (Å²) in [5.41, 5.74) is 1.06. The minimum Gasteiger partial charge on any atom is -0.480 e. The van der Waals surface area contributed by atoms with E-state index in [0.717, 1.165) is 12.3 Å². The number of alkyl halides is 16. The predicted octanol–water partition coefficient (Wildman–Crippen LogP) is 16.1. The molecule has 10 rings (SSSR count). The van der Waals surface area contributed by atoms with Crippen molar-refractivity contribution in [2.24, 2.45) is 5.73 Å². The van der Waals surface area contributed by atoms with E-state index in [9.17, 15) is 89.7 Å². The molecular weight excluding hydrogens is 1530 g/mol. The molecule has 18 nitrogen and oxygen atoms in total. The van der Waals surface area contributed by atoms with Crippen LogP contribution in [0, 0.1) is 11.6 Å². The summed E-state index contributed by atoms with van der Waals surface area (Å²) >= 11 is 15.9. The fourth-order valence-corrected chi connectivity index (χ4v) is 11.6.